The SMILES string of the molecule is C1=[CH][In][C](c2ncc(-c3cccc(Nc4cnccn4)n3)o2)=C1. The number of allylic oxidation sites excluding steroid dienone is 2. The molecule has 0 aliphatic carbocycles. The van der Waals surface area contributed by atoms with Crippen LogP contribution < -0.4 is 5.32 Å². The molecule has 6 nitrogen and oxygen atoms in total. The second-order valence-electron chi connectivity index (χ2n) is 4.83. The van der Waals surface area contributed by atoms with E-state index in [0.29, 0.717) is 17.4 Å². The first-order valence-electron chi connectivity index (χ1n) is 7.07. The fourth-order valence-corrected chi connectivity index (χ4v) is 4.83. The zero-order chi connectivity index (χ0) is 15.5. The molecule has 7 heteroatoms. The standard InChI is InChI=1S/C16H11N5O.In/c1-2-3-7-16-19-10-13(22-16)12-5-4-6-14(20-12)21-15-11-17-8-9-18-15;/h1-6,8-11H,(H,18,20,21);. The van der Waals surface area contributed by atoms with Gasteiger partial charge in [-0.1, -0.05) is 0 Å². The van der Waals surface area contributed by atoms with Gasteiger partial charge >= 0.3 is 144 Å². The Morgan fingerprint density at radius 1 is 1.04 bits per heavy atom. The van der Waals surface area contributed by atoms with E-state index in [1.807, 2.05) is 18.2 Å². The van der Waals surface area contributed by atoms with Crippen LogP contribution in [-0.2, 0) is 0 Å². The number of pyridine rings is 1. The molecule has 1 aliphatic rings. The van der Waals surface area contributed by atoms with Gasteiger partial charge in [0.2, 0.25) is 0 Å². The van der Waals surface area contributed by atoms with Gasteiger partial charge in [0, 0.05) is 0 Å². The molecule has 0 atom stereocenters. The maximum atomic E-state index is 5.87. The van der Waals surface area contributed by atoms with Crippen molar-refractivity contribution in [2.24, 2.45) is 0 Å². The molecule has 109 valence electrons. The van der Waals surface area contributed by atoms with E-state index in [1.165, 1.54) is 3.33 Å². The number of oxazole rings is 1. The van der Waals surface area contributed by atoms with Crippen molar-refractivity contribution in [2.75, 3.05) is 5.32 Å². The average Bonchev–Trinajstić information content (AvgIpc) is 3.28. The Morgan fingerprint density at radius 2 is 2.04 bits per heavy atom. The molecule has 0 unspecified atom stereocenters. The summed E-state index contributed by atoms with van der Waals surface area (Å²) < 4.78 is 9.40. The number of nitrogens with one attached hydrogen (secondary N) is 1. The normalized spacial score (nSPS) is 12.8. The maximum absolute atomic E-state index is 5.87. The van der Waals surface area contributed by atoms with Crippen molar-refractivity contribution in [1.29, 1.82) is 0 Å². The quantitative estimate of drug-likeness (QED) is 0.721. The van der Waals surface area contributed by atoms with Gasteiger partial charge in [-0.15, -0.1) is 0 Å². The van der Waals surface area contributed by atoms with Gasteiger partial charge in [0.1, 0.15) is 0 Å². The van der Waals surface area contributed by atoms with Crippen LogP contribution in [-0.4, -0.2) is 42.8 Å². The van der Waals surface area contributed by atoms with Crippen LogP contribution in [0.25, 0.3) is 14.8 Å². The predicted octanol–water partition coefficient (Wildman–Crippen LogP) is 2.84. The molecule has 23 heavy (non-hydrogen) atoms. The summed E-state index contributed by atoms with van der Waals surface area (Å²) in [6.07, 6.45) is 10.8. The van der Waals surface area contributed by atoms with Gasteiger partial charge in [-0.2, -0.15) is 0 Å². The van der Waals surface area contributed by atoms with E-state index in [1.54, 1.807) is 24.8 Å². The van der Waals surface area contributed by atoms with Crippen LogP contribution >= 0.6 is 0 Å². The van der Waals surface area contributed by atoms with E-state index in [9.17, 15) is 0 Å². The van der Waals surface area contributed by atoms with Crippen molar-refractivity contribution in [1.82, 2.24) is 19.9 Å². The number of hydrogen-bond donors (Lipinski definition) is 1. The minimum absolute atomic E-state index is 0.644. The second kappa shape index (κ2) is 6.37. The molecule has 3 aromatic rings. The first-order valence-corrected chi connectivity index (χ1v) is 10.6. The predicted molar refractivity (Wildman–Crippen MR) is 87.9 cm³/mol. The molecule has 4 rings (SSSR count). The van der Waals surface area contributed by atoms with Crippen molar-refractivity contribution in [3.63, 3.8) is 0 Å². The fraction of sp³-hybridized carbons (Fsp3) is 0. The number of nitrogens with zero attached hydrogens (tertiary/aromatic N) is 4. The first-order chi connectivity index (χ1) is 11.4. The summed E-state index contributed by atoms with van der Waals surface area (Å²) in [5.41, 5.74) is 0.733. The summed E-state index contributed by atoms with van der Waals surface area (Å²) in [7, 11) is 0. The van der Waals surface area contributed by atoms with Crippen LogP contribution in [0.2, 0.25) is 0 Å². The Bertz CT molecular complexity index is 888. The molecule has 1 radical (unpaired) electrons. The molecule has 0 saturated carbocycles. The van der Waals surface area contributed by atoms with Gasteiger partial charge in [0.05, 0.1) is 0 Å². The third-order valence-corrected chi connectivity index (χ3v) is 6.70. The molecule has 0 bridgehead atoms. The van der Waals surface area contributed by atoms with Gasteiger partial charge in [-0.3, -0.25) is 0 Å². The zero-order valence-corrected chi connectivity index (χ0v) is 15.3. The van der Waals surface area contributed by atoms with Crippen molar-refractivity contribution in [3.8, 4) is 11.5 Å². The molecule has 0 aromatic carbocycles. The van der Waals surface area contributed by atoms with Gasteiger partial charge < -0.3 is 0 Å². The van der Waals surface area contributed by atoms with Gasteiger partial charge in [0.15, 0.2) is 0 Å². The average molecular weight is 404 g/mol. The molecule has 3 aromatic heterocycles. The molecule has 0 saturated heterocycles. The first kappa shape index (κ1) is 14.2. The molecule has 0 amide bonds. The van der Waals surface area contributed by atoms with Gasteiger partial charge in [0.25, 0.3) is 0 Å². The molecule has 0 spiro atoms. The van der Waals surface area contributed by atoms with Crippen LogP contribution in [0, 0.1) is 0 Å². The Morgan fingerprint density at radius 3 is 2.87 bits per heavy atom. The third kappa shape index (κ3) is 3.19. The second-order valence-corrected chi connectivity index (χ2v) is 8.65. The van der Waals surface area contributed by atoms with Crippen molar-refractivity contribution < 1.29 is 4.42 Å². The molecule has 4 heterocycles. The molecular weight excluding hydrogens is 393 g/mol. The molecule has 0 fully saturated rings. The zero-order valence-electron chi connectivity index (χ0n) is 12.0. The van der Waals surface area contributed by atoms with Crippen LogP contribution in [0.15, 0.2) is 63.4 Å². The van der Waals surface area contributed by atoms with E-state index in [0.717, 1.165) is 11.6 Å². The van der Waals surface area contributed by atoms with Crippen LogP contribution in [0.3, 0.4) is 0 Å². The van der Waals surface area contributed by atoms with Crippen LogP contribution in [0.5, 0.6) is 0 Å². The number of anilines is 2. The van der Waals surface area contributed by atoms with E-state index in [4.69, 9.17) is 4.42 Å². The number of aromatic nitrogens is 4. The minimum atomic E-state index is -0.830. The van der Waals surface area contributed by atoms with Crippen LogP contribution in [0.1, 0.15) is 5.89 Å². The fourth-order valence-electron chi connectivity index (χ4n) is 2.18. The Balaban J connectivity index is 1.59. The number of rotatable bonds is 4. The van der Waals surface area contributed by atoms with Crippen molar-refractivity contribution >= 4 is 37.9 Å². The van der Waals surface area contributed by atoms with E-state index < -0.39 is 22.9 Å². The summed E-state index contributed by atoms with van der Waals surface area (Å²) in [6.45, 7) is 0. The number of hydrogen-bond acceptors (Lipinski definition) is 6. The van der Waals surface area contributed by atoms with E-state index in [2.05, 4.69) is 41.2 Å². The van der Waals surface area contributed by atoms with Crippen molar-refractivity contribution in [2.45, 2.75) is 0 Å². The van der Waals surface area contributed by atoms with E-state index >= 15 is 0 Å². The Kier molecular flexibility index (Phi) is 3.94. The summed E-state index contributed by atoms with van der Waals surface area (Å²) in [5.74, 6) is 2.71. The third-order valence-electron chi connectivity index (χ3n) is 3.24. The summed E-state index contributed by atoms with van der Waals surface area (Å²) in [6, 6.07) is 5.68. The van der Waals surface area contributed by atoms with Gasteiger partial charge in [-0.05, 0) is 0 Å². The van der Waals surface area contributed by atoms with Gasteiger partial charge in [-0.25, -0.2) is 0 Å². The summed E-state index contributed by atoms with van der Waals surface area (Å²) >= 11 is -0.830. The molecule has 1 aliphatic heterocycles. The topological polar surface area (TPSA) is 76.7 Å². The van der Waals surface area contributed by atoms with Crippen LogP contribution in [0.4, 0.5) is 11.6 Å². The van der Waals surface area contributed by atoms with Crippen molar-refractivity contribution in [3.05, 3.63) is 64.9 Å². The Hall–Kier alpha value is -2.41. The van der Waals surface area contributed by atoms with E-state index in [-0.39, 0.29) is 0 Å². The summed E-state index contributed by atoms with van der Waals surface area (Å²) in [5, 5.41) is 3.12. The molecule has 1 N–H and O–H groups in total. The molecular formula is C16H11InN5O. The summed E-state index contributed by atoms with van der Waals surface area (Å²) in [4.78, 5) is 17.1. The Labute approximate surface area is 143 Å². The monoisotopic (exact) mass is 404 g/mol.